The van der Waals surface area contributed by atoms with Crippen LogP contribution in [0, 0.1) is 0 Å². The molecule has 0 fully saturated rings. The topological polar surface area (TPSA) is 109 Å². The molecular weight excluding hydrogens is 324 g/mol. The first-order valence-electron chi connectivity index (χ1n) is 8.20. The molecule has 1 aromatic heterocycles. The van der Waals surface area contributed by atoms with E-state index in [1.165, 1.54) is 0 Å². The van der Waals surface area contributed by atoms with E-state index < -0.39 is 11.7 Å². The normalized spacial score (nSPS) is 10.7. The second-order valence-electron chi connectivity index (χ2n) is 6.37. The predicted molar refractivity (Wildman–Crippen MR) is 93.1 cm³/mol. The minimum absolute atomic E-state index is 0.169. The number of alkyl carbamates (subject to hydrolysis) is 1. The number of amides is 3. The summed E-state index contributed by atoms with van der Waals surface area (Å²) in [5.74, 6) is -0.341. The lowest BCUT2D eigenvalue weighted by Gasteiger charge is -2.19. The smallest absolute Gasteiger partial charge is 0.407 e. The van der Waals surface area contributed by atoms with Crippen molar-refractivity contribution in [3.05, 3.63) is 30.1 Å². The highest BCUT2D eigenvalue weighted by molar-refractivity contribution is 5.93. The summed E-state index contributed by atoms with van der Waals surface area (Å²) in [7, 11) is 0. The highest BCUT2D eigenvalue weighted by Gasteiger charge is 2.15. The van der Waals surface area contributed by atoms with Gasteiger partial charge in [-0.15, -0.1) is 0 Å². The van der Waals surface area contributed by atoms with Crippen LogP contribution in [0.1, 0.15) is 44.0 Å². The molecule has 1 aromatic rings. The van der Waals surface area contributed by atoms with Gasteiger partial charge in [0.05, 0.1) is 0 Å². The van der Waals surface area contributed by atoms with Crippen LogP contribution in [0.25, 0.3) is 0 Å². The third-order valence-corrected chi connectivity index (χ3v) is 2.92. The highest BCUT2D eigenvalue weighted by Crippen LogP contribution is 2.06. The number of carbonyl (C=O) groups excluding carboxylic acids is 3. The van der Waals surface area contributed by atoms with Crippen LogP contribution in [-0.4, -0.2) is 48.1 Å². The number of pyridine rings is 1. The van der Waals surface area contributed by atoms with Gasteiger partial charge in [-0.05, 0) is 39.3 Å². The third kappa shape index (κ3) is 9.95. The van der Waals surface area contributed by atoms with E-state index in [9.17, 15) is 14.4 Å². The van der Waals surface area contributed by atoms with E-state index in [2.05, 4.69) is 20.9 Å². The number of hydrogen-bond donors (Lipinski definition) is 3. The van der Waals surface area contributed by atoms with Crippen LogP contribution in [-0.2, 0) is 9.53 Å². The first-order valence-corrected chi connectivity index (χ1v) is 8.20. The lowest BCUT2D eigenvalue weighted by molar-refractivity contribution is -0.120. The molecule has 0 unspecified atom stereocenters. The van der Waals surface area contributed by atoms with E-state index >= 15 is 0 Å². The molecule has 25 heavy (non-hydrogen) atoms. The minimum atomic E-state index is -0.562. The Morgan fingerprint density at radius 1 is 1.00 bits per heavy atom. The van der Waals surface area contributed by atoms with Gasteiger partial charge in [-0.1, -0.05) is 0 Å². The molecule has 0 atom stereocenters. The molecule has 0 aliphatic rings. The van der Waals surface area contributed by atoms with Crippen molar-refractivity contribution in [2.45, 2.75) is 39.2 Å². The maximum Gasteiger partial charge on any atom is 0.407 e. The zero-order chi connectivity index (χ0) is 18.7. The quantitative estimate of drug-likeness (QED) is 0.611. The summed E-state index contributed by atoms with van der Waals surface area (Å²) in [5.41, 5.74) is -0.0141. The molecule has 3 N–H and O–H groups in total. The van der Waals surface area contributed by atoms with Gasteiger partial charge in [-0.2, -0.15) is 0 Å². The second-order valence-corrected chi connectivity index (χ2v) is 6.37. The molecule has 0 aliphatic carbocycles. The van der Waals surface area contributed by atoms with Gasteiger partial charge < -0.3 is 20.7 Å². The Labute approximate surface area is 147 Å². The molecule has 0 saturated carbocycles. The van der Waals surface area contributed by atoms with Gasteiger partial charge in [-0.3, -0.25) is 14.6 Å². The van der Waals surface area contributed by atoms with Gasteiger partial charge in [0.25, 0.3) is 5.91 Å². The minimum Gasteiger partial charge on any atom is -0.444 e. The Balaban J connectivity index is 2.05. The lowest BCUT2D eigenvalue weighted by atomic mass is 10.2. The Bertz CT molecular complexity index is 570. The molecule has 0 aromatic carbocycles. The fourth-order valence-electron chi connectivity index (χ4n) is 1.80. The molecule has 8 nitrogen and oxygen atoms in total. The highest BCUT2D eigenvalue weighted by atomic mass is 16.6. The van der Waals surface area contributed by atoms with E-state index in [4.69, 9.17) is 4.74 Å². The second kappa shape index (κ2) is 10.3. The molecule has 8 heteroatoms. The molecule has 0 aliphatic heterocycles. The van der Waals surface area contributed by atoms with E-state index in [0.29, 0.717) is 25.1 Å². The maximum atomic E-state index is 11.8. The van der Waals surface area contributed by atoms with Gasteiger partial charge >= 0.3 is 6.09 Å². The third-order valence-electron chi connectivity index (χ3n) is 2.92. The molecule has 1 rings (SSSR count). The number of aromatic nitrogens is 1. The Kier molecular flexibility index (Phi) is 8.38. The van der Waals surface area contributed by atoms with Gasteiger partial charge in [-0.25, -0.2) is 4.79 Å². The molecule has 0 spiro atoms. The number of nitrogens with zero attached hydrogens (tertiary/aromatic N) is 1. The van der Waals surface area contributed by atoms with Crippen molar-refractivity contribution in [2.75, 3.05) is 19.6 Å². The maximum absolute atomic E-state index is 11.8. The fourth-order valence-corrected chi connectivity index (χ4v) is 1.80. The standard InChI is InChI=1S/C17H26N4O4/c1-17(2,3)25-16(24)21-12-7-14(22)19-8-4-9-20-15(23)13-5-10-18-11-6-13/h5-6,10-11H,4,7-9,12H2,1-3H3,(H,19,22)(H,20,23)(H,21,24). The Morgan fingerprint density at radius 3 is 2.28 bits per heavy atom. The lowest BCUT2D eigenvalue weighted by Crippen LogP contribution is -2.35. The van der Waals surface area contributed by atoms with Crippen LogP contribution in [0.3, 0.4) is 0 Å². The Hall–Kier alpha value is -2.64. The summed E-state index contributed by atoms with van der Waals surface area (Å²) in [5, 5.41) is 8.01. The average molecular weight is 350 g/mol. The van der Waals surface area contributed by atoms with Crippen molar-refractivity contribution >= 4 is 17.9 Å². The summed E-state index contributed by atoms with van der Waals surface area (Å²) in [4.78, 5) is 38.7. The molecule has 0 saturated heterocycles. The molecule has 0 radical (unpaired) electrons. The predicted octanol–water partition coefficient (Wildman–Crippen LogP) is 1.23. The largest absolute Gasteiger partial charge is 0.444 e. The average Bonchev–Trinajstić information content (AvgIpc) is 2.53. The summed E-state index contributed by atoms with van der Waals surface area (Å²) >= 11 is 0. The number of rotatable bonds is 8. The molecule has 1 heterocycles. The van der Waals surface area contributed by atoms with E-state index in [0.717, 1.165) is 0 Å². The summed E-state index contributed by atoms with van der Waals surface area (Å²) in [6.07, 6.45) is 3.35. The molecular formula is C17H26N4O4. The number of carbonyl (C=O) groups is 3. The summed E-state index contributed by atoms with van der Waals surface area (Å²) < 4.78 is 5.07. The van der Waals surface area contributed by atoms with Gasteiger partial charge in [0.15, 0.2) is 0 Å². The first kappa shape index (κ1) is 20.4. The monoisotopic (exact) mass is 350 g/mol. The van der Waals surface area contributed by atoms with Crippen LogP contribution in [0.4, 0.5) is 4.79 Å². The summed E-state index contributed by atoms with van der Waals surface area (Å²) in [6.45, 7) is 6.42. The first-order chi connectivity index (χ1) is 11.8. The summed E-state index contributed by atoms with van der Waals surface area (Å²) in [6, 6.07) is 3.27. The van der Waals surface area contributed by atoms with Crippen molar-refractivity contribution in [1.29, 1.82) is 0 Å². The van der Waals surface area contributed by atoms with Crippen molar-refractivity contribution in [1.82, 2.24) is 20.9 Å². The van der Waals surface area contributed by atoms with Crippen LogP contribution in [0.2, 0.25) is 0 Å². The van der Waals surface area contributed by atoms with Gasteiger partial charge in [0.2, 0.25) is 5.91 Å². The molecule has 138 valence electrons. The van der Waals surface area contributed by atoms with Crippen LogP contribution >= 0.6 is 0 Å². The van der Waals surface area contributed by atoms with Crippen LogP contribution in [0.15, 0.2) is 24.5 Å². The Morgan fingerprint density at radius 2 is 1.64 bits per heavy atom. The van der Waals surface area contributed by atoms with Crippen LogP contribution < -0.4 is 16.0 Å². The zero-order valence-electron chi connectivity index (χ0n) is 14.9. The zero-order valence-corrected chi connectivity index (χ0v) is 14.9. The molecule has 0 bridgehead atoms. The van der Waals surface area contributed by atoms with Crippen molar-refractivity contribution in [3.8, 4) is 0 Å². The van der Waals surface area contributed by atoms with Crippen molar-refractivity contribution in [2.24, 2.45) is 0 Å². The SMILES string of the molecule is CC(C)(C)OC(=O)NCCC(=O)NCCCNC(=O)c1ccncc1. The van der Waals surface area contributed by atoms with E-state index in [1.54, 1.807) is 45.3 Å². The molecule has 3 amide bonds. The van der Waals surface area contributed by atoms with Crippen molar-refractivity contribution < 1.29 is 19.1 Å². The fraction of sp³-hybridized carbons (Fsp3) is 0.529. The number of nitrogens with one attached hydrogen (secondary N) is 3. The van der Waals surface area contributed by atoms with Gasteiger partial charge in [0.1, 0.15) is 5.60 Å². The van der Waals surface area contributed by atoms with Crippen LogP contribution in [0.5, 0.6) is 0 Å². The van der Waals surface area contributed by atoms with E-state index in [1.807, 2.05) is 0 Å². The van der Waals surface area contributed by atoms with Crippen molar-refractivity contribution in [3.63, 3.8) is 0 Å². The van der Waals surface area contributed by atoms with E-state index in [-0.39, 0.29) is 24.8 Å². The number of hydrogen-bond acceptors (Lipinski definition) is 5. The van der Waals surface area contributed by atoms with Gasteiger partial charge in [0, 0.05) is 44.0 Å². The number of ether oxygens (including phenoxy) is 1.